The Labute approximate surface area is 265 Å². The molecule has 1 amide bonds. The number of benzene rings is 2. The van der Waals surface area contributed by atoms with Gasteiger partial charge in [-0.2, -0.15) is 0 Å². The molecule has 0 aliphatic carbocycles. The smallest absolute Gasteiger partial charge is 0.226 e. The minimum absolute atomic E-state index is 0.0415. The Hall–Kier alpha value is -2.90. The summed E-state index contributed by atoms with van der Waals surface area (Å²) in [6.07, 6.45) is -4.95. The first-order chi connectivity index (χ1) is 21.1. The molecule has 2 aliphatic rings. The summed E-state index contributed by atoms with van der Waals surface area (Å²) >= 11 is 0. The van der Waals surface area contributed by atoms with Crippen molar-refractivity contribution in [3.63, 3.8) is 0 Å². The highest BCUT2D eigenvalue weighted by molar-refractivity contribution is 5.89. The second-order valence-corrected chi connectivity index (χ2v) is 13.3. The molecule has 0 spiro atoms. The van der Waals surface area contributed by atoms with Crippen molar-refractivity contribution in [3.05, 3.63) is 64.7 Å². The second kappa shape index (κ2) is 13.8. The van der Waals surface area contributed by atoms with Gasteiger partial charge in [-0.3, -0.25) is 9.59 Å². The summed E-state index contributed by atoms with van der Waals surface area (Å²) in [5.41, 5.74) is 1.03. The minimum Gasteiger partial charge on any atom is -0.493 e. The van der Waals surface area contributed by atoms with Crippen LogP contribution in [0.5, 0.6) is 5.75 Å². The minimum atomic E-state index is -1.74. The van der Waals surface area contributed by atoms with Gasteiger partial charge in [0.15, 0.2) is 0 Å². The van der Waals surface area contributed by atoms with Gasteiger partial charge in [-0.15, -0.1) is 0 Å². The van der Waals surface area contributed by atoms with E-state index >= 15 is 0 Å². The third-order valence-electron chi connectivity index (χ3n) is 8.92. The Kier molecular flexibility index (Phi) is 10.8. The SMILES string of the molecule is Cc1ccc([C@]23OC[C@]([C@@H](C)O)(O2)[C@@H](O)[C@H](O)[C@H]3O)cc1Cc1ccc(OCCC(=O)CC(C)(C)C(=O)NCCN(C)C)cc1. The van der Waals surface area contributed by atoms with E-state index in [0.717, 1.165) is 23.2 Å². The number of Topliss-reactive ketones (excluding diaryl/α,β-unsaturated/α-hetero) is 1. The van der Waals surface area contributed by atoms with E-state index in [1.54, 1.807) is 19.9 Å². The molecular weight excluding hydrogens is 580 g/mol. The van der Waals surface area contributed by atoms with Gasteiger partial charge in [0.2, 0.25) is 11.7 Å². The monoisotopic (exact) mass is 628 g/mol. The zero-order valence-corrected chi connectivity index (χ0v) is 27.1. The topological polar surface area (TPSA) is 158 Å². The lowest BCUT2D eigenvalue weighted by Crippen LogP contribution is -2.67. The summed E-state index contributed by atoms with van der Waals surface area (Å²) in [6, 6.07) is 13.0. The molecular formula is C34H48N2O9. The van der Waals surface area contributed by atoms with Gasteiger partial charge >= 0.3 is 0 Å². The van der Waals surface area contributed by atoms with Crippen LogP contribution in [0.25, 0.3) is 0 Å². The van der Waals surface area contributed by atoms with E-state index in [1.165, 1.54) is 6.92 Å². The Morgan fingerprint density at radius 3 is 2.44 bits per heavy atom. The predicted octanol–water partition coefficient (Wildman–Crippen LogP) is 1.43. The van der Waals surface area contributed by atoms with Gasteiger partial charge in [-0.25, -0.2) is 0 Å². The van der Waals surface area contributed by atoms with E-state index in [0.29, 0.717) is 24.3 Å². The number of amides is 1. The van der Waals surface area contributed by atoms with Crippen molar-refractivity contribution in [1.29, 1.82) is 0 Å². The molecule has 2 aromatic carbocycles. The lowest BCUT2D eigenvalue weighted by molar-refractivity contribution is -0.336. The molecule has 248 valence electrons. The summed E-state index contributed by atoms with van der Waals surface area (Å²) in [4.78, 5) is 27.1. The van der Waals surface area contributed by atoms with Crippen molar-refractivity contribution in [1.82, 2.24) is 10.2 Å². The van der Waals surface area contributed by atoms with E-state index in [9.17, 15) is 30.0 Å². The van der Waals surface area contributed by atoms with Crippen LogP contribution in [-0.2, 0) is 31.3 Å². The number of aryl methyl sites for hydroxylation is 1. The van der Waals surface area contributed by atoms with E-state index in [2.05, 4.69) is 5.32 Å². The van der Waals surface area contributed by atoms with Gasteiger partial charge in [0, 0.05) is 31.5 Å². The molecule has 11 heteroatoms. The maximum atomic E-state index is 12.6. The number of aliphatic hydroxyl groups excluding tert-OH is 4. The highest BCUT2D eigenvalue weighted by Crippen LogP contribution is 2.51. The Morgan fingerprint density at radius 2 is 1.80 bits per heavy atom. The largest absolute Gasteiger partial charge is 0.493 e. The average Bonchev–Trinajstić information content (AvgIpc) is 3.37. The van der Waals surface area contributed by atoms with E-state index in [4.69, 9.17) is 14.2 Å². The highest BCUT2D eigenvalue weighted by atomic mass is 16.8. The van der Waals surface area contributed by atoms with E-state index in [1.807, 2.05) is 62.3 Å². The number of fused-ring (bicyclic) bond motifs is 2. The number of nitrogens with zero attached hydrogens (tertiary/aromatic N) is 1. The summed E-state index contributed by atoms with van der Waals surface area (Å²) in [5.74, 6) is -1.30. The molecule has 2 heterocycles. The normalized spacial score (nSPS) is 27.0. The number of rotatable bonds is 14. The van der Waals surface area contributed by atoms with Crippen molar-refractivity contribution in [2.75, 3.05) is 40.4 Å². The maximum absolute atomic E-state index is 12.6. The van der Waals surface area contributed by atoms with Crippen LogP contribution in [0.4, 0.5) is 0 Å². The number of carbonyl (C=O) groups is 2. The number of nitrogens with one attached hydrogen (secondary N) is 1. The molecule has 5 N–H and O–H groups in total. The average molecular weight is 629 g/mol. The molecule has 0 saturated carbocycles. The van der Waals surface area contributed by atoms with Crippen LogP contribution < -0.4 is 10.1 Å². The summed E-state index contributed by atoms with van der Waals surface area (Å²) in [7, 11) is 3.87. The Morgan fingerprint density at radius 1 is 1.11 bits per heavy atom. The van der Waals surface area contributed by atoms with Gasteiger partial charge < -0.3 is 44.9 Å². The molecule has 0 radical (unpaired) electrons. The molecule has 2 saturated heterocycles. The van der Waals surface area contributed by atoms with Gasteiger partial charge in [0.25, 0.3) is 0 Å². The molecule has 2 bridgehead atoms. The molecule has 0 unspecified atom stereocenters. The number of likely N-dealkylation sites (N-methyl/N-ethyl adjacent to an activating group) is 1. The standard InChI is InChI=1S/C34H48N2O9/c1-21-7-10-25(34-30(41)28(39)29(40)33(45-34,20-44-34)22(2)37)18-24(21)17-23-8-11-27(12-9-23)43-16-13-26(38)19-32(3,4)31(42)35-14-15-36(5)6/h7-12,18,22,28-30,37,39-41H,13-17,19-20H2,1-6H3,(H,35,42)/t22-,28+,29+,30-,33-,34+/m1/s1. The number of carbonyl (C=O) groups excluding carboxylic acids is 2. The third kappa shape index (κ3) is 7.41. The second-order valence-electron chi connectivity index (χ2n) is 13.3. The zero-order chi connectivity index (χ0) is 33.2. The summed E-state index contributed by atoms with van der Waals surface area (Å²) < 4.78 is 17.8. The van der Waals surface area contributed by atoms with Gasteiger partial charge in [-0.1, -0.05) is 38.1 Å². The molecule has 0 aromatic heterocycles. The first-order valence-electron chi connectivity index (χ1n) is 15.4. The fraction of sp³-hybridized carbons (Fsp3) is 0.588. The van der Waals surface area contributed by atoms with E-state index in [-0.39, 0.29) is 37.7 Å². The van der Waals surface area contributed by atoms with Crippen LogP contribution in [0, 0.1) is 12.3 Å². The van der Waals surface area contributed by atoms with Crippen LogP contribution in [0.15, 0.2) is 42.5 Å². The number of ketones is 1. The Bertz CT molecular complexity index is 1350. The van der Waals surface area contributed by atoms with Crippen LogP contribution in [0.1, 0.15) is 55.9 Å². The summed E-state index contributed by atoms with van der Waals surface area (Å²) in [5, 5.41) is 45.5. The van der Waals surface area contributed by atoms with Crippen LogP contribution >= 0.6 is 0 Å². The first-order valence-corrected chi connectivity index (χ1v) is 15.4. The van der Waals surface area contributed by atoms with E-state index < -0.39 is 41.2 Å². The van der Waals surface area contributed by atoms with Crippen molar-refractivity contribution in [2.45, 2.75) is 82.8 Å². The van der Waals surface area contributed by atoms with Crippen LogP contribution in [-0.4, -0.2) is 107 Å². The molecule has 45 heavy (non-hydrogen) atoms. The number of hydrogen-bond acceptors (Lipinski definition) is 10. The maximum Gasteiger partial charge on any atom is 0.226 e. The number of hydrogen-bond donors (Lipinski definition) is 5. The van der Waals surface area contributed by atoms with Crippen molar-refractivity contribution >= 4 is 11.7 Å². The van der Waals surface area contributed by atoms with Gasteiger partial charge in [0.1, 0.15) is 35.4 Å². The number of aliphatic hydroxyl groups is 4. The lowest BCUT2D eigenvalue weighted by atomic mass is 9.80. The molecule has 2 fully saturated rings. The van der Waals surface area contributed by atoms with Gasteiger partial charge in [-0.05, 0) is 69.3 Å². The fourth-order valence-electron chi connectivity index (χ4n) is 5.88. The molecule has 4 rings (SSSR count). The first kappa shape index (κ1) is 35.0. The highest BCUT2D eigenvalue weighted by Gasteiger charge is 2.68. The van der Waals surface area contributed by atoms with Crippen LogP contribution in [0.2, 0.25) is 0 Å². The molecule has 11 nitrogen and oxygen atoms in total. The predicted molar refractivity (Wildman–Crippen MR) is 167 cm³/mol. The number of ether oxygens (including phenoxy) is 3. The fourth-order valence-corrected chi connectivity index (χ4v) is 5.88. The third-order valence-corrected chi connectivity index (χ3v) is 8.92. The molecule has 2 aromatic rings. The van der Waals surface area contributed by atoms with Crippen molar-refractivity contribution in [2.24, 2.45) is 5.41 Å². The Balaban J connectivity index is 1.34. The van der Waals surface area contributed by atoms with Crippen molar-refractivity contribution < 1.29 is 44.2 Å². The van der Waals surface area contributed by atoms with Crippen LogP contribution in [0.3, 0.4) is 0 Å². The molecule has 6 atom stereocenters. The lowest BCUT2D eigenvalue weighted by Gasteiger charge is -2.47. The summed E-state index contributed by atoms with van der Waals surface area (Å²) in [6.45, 7) is 8.23. The molecule has 2 aliphatic heterocycles. The van der Waals surface area contributed by atoms with Crippen molar-refractivity contribution in [3.8, 4) is 5.75 Å². The zero-order valence-electron chi connectivity index (χ0n) is 27.1. The van der Waals surface area contributed by atoms with Gasteiger partial charge in [0.05, 0.1) is 24.7 Å². The quantitative estimate of drug-likeness (QED) is 0.207.